The minimum absolute atomic E-state index is 0.0560. The molecule has 0 spiro atoms. The number of aromatic nitrogens is 1. The highest BCUT2D eigenvalue weighted by Gasteiger charge is 2.34. The molecule has 1 aromatic carbocycles. The van der Waals surface area contributed by atoms with Crippen LogP contribution in [0.4, 0.5) is 15.6 Å². The van der Waals surface area contributed by atoms with E-state index in [0.29, 0.717) is 0 Å². The van der Waals surface area contributed by atoms with Crippen LogP contribution < -0.4 is 10.2 Å². The van der Waals surface area contributed by atoms with Gasteiger partial charge in [-0.1, -0.05) is 25.1 Å². The van der Waals surface area contributed by atoms with Gasteiger partial charge in [0.25, 0.3) is 0 Å². The number of methoxy groups -OCH3 is 1. The average Bonchev–Trinajstić information content (AvgIpc) is 3.02. The largest absolute Gasteiger partial charge is 0.452 e. The maximum absolute atomic E-state index is 12.1. The number of hydrogen-bond acceptors (Lipinski definition) is 5. The Labute approximate surface area is 140 Å². The zero-order chi connectivity index (χ0) is 16.4. The number of carbonyl (C=O) groups is 1. The minimum Gasteiger partial charge on any atom is -0.452 e. The number of para-hydroxylation sites is 1. The molecular formula is C17H21N3O2S. The van der Waals surface area contributed by atoms with Gasteiger partial charge in [0, 0.05) is 11.4 Å². The molecule has 2 unspecified atom stereocenters. The number of anilines is 2. The number of nitrogens with one attached hydrogen (secondary N) is 1. The Balaban J connectivity index is 1.91. The van der Waals surface area contributed by atoms with Crippen molar-refractivity contribution in [1.82, 2.24) is 4.98 Å². The summed E-state index contributed by atoms with van der Waals surface area (Å²) in [5.41, 5.74) is 3.11. The van der Waals surface area contributed by atoms with Crippen LogP contribution in [0, 0.1) is 0 Å². The van der Waals surface area contributed by atoms with Gasteiger partial charge in [0.1, 0.15) is 0 Å². The Hall–Kier alpha value is -2.08. The fraction of sp³-hybridized carbons (Fsp3) is 0.412. The molecule has 2 aromatic rings. The molecule has 1 aromatic heterocycles. The van der Waals surface area contributed by atoms with Gasteiger partial charge in [0.15, 0.2) is 5.13 Å². The van der Waals surface area contributed by atoms with Crippen LogP contribution in [0.15, 0.2) is 29.6 Å². The number of nitrogens with zero attached hydrogens (tertiary/aromatic N) is 2. The van der Waals surface area contributed by atoms with E-state index in [1.54, 1.807) is 16.2 Å². The van der Waals surface area contributed by atoms with Crippen LogP contribution in [-0.4, -0.2) is 24.2 Å². The Morgan fingerprint density at radius 2 is 2.26 bits per heavy atom. The Morgan fingerprint density at radius 1 is 1.48 bits per heavy atom. The zero-order valence-corrected chi connectivity index (χ0v) is 14.4. The topological polar surface area (TPSA) is 54.5 Å². The molecule has 1 aliphatic rings. The molecule has 0 fully saturated rings. The number of benzene rings is 1. The molecule has 23 heavy (non-hydrogen) atoms. The third-order valence-corrected chi connectivity index (χ3v) is 4.99. The predicted molar refractivity (Wildman–Crippen MR) is 93.3 cm³/mol. The number of aryl methyl sites for hydroxylation is 1. The number of hydrogen-bond donors (Lipinski definition) is 1. The number of amides is 1. The molecular weight excluding hydrogens is 310 g/mol. The van der Waals surface area contributed by atoms with E-state index >= 15 is 0 Å². The highest BCUT2D eigenvalue weighted by Crippen LogP contribution is 2.39. The van der Waals surface area contributed by atoms with Gasteiger partial charge < -0.3 is 10.1 Å². The number of carbonyl (C=O) groups excluding carboxylic acids is 1. The number of ether oxygens (including phenoxy) is 1. The summed E-state index contributed by atoms with van der Waals surface area (Å²) in [6.45, 7) is 4.14. The van der Waals surface area contributed by atoms with Crippen molar-refractivity contribution in [3.05, 3.63) is 40.9 Å². The lowest BCUT2D eigenvalue weighted by Crippen LogP contribution is -2.44. The molecule has 0 bridgehead atoms. The Kier molecular flexibility index (Phi) is 4.52. The summed E-state index contributed by atoms with van der Waals surface area (Å²) >= 11 is 1.63. The summed E-state index contributed by atoms with van der Waals surface area (Å²) in [5.74, 6) is 0. The summed E-state index contributed by atoms with van der Waals surface area (Å²) < 4.78 is 4.94. The second-order valence-electron chi connectivity index (χ2n) is 5.68. The second kappa shape index (κ2) is 6.58. The summed E-state index contributed by atoms with van der Waals surface area (Å²) in [4.78, 5) is 18.4. The monoisotopic (exact) mass is 331 g/mol. The maximum Gasteiger partial charge on any atom is 0.414 e. The highest BCUT2D eigenvalue weighted by molar-refractivity contribution is 7.13. The lowest BCUT2D eigenvalue weighted by atomic mass is 9.92. The van der Waals surface area contributed by atoms with Gasteiger partial charge >= 0.3 is 6.09 Å². The van der Waals surface area contributed by atoms with Crippen molar-refractivity contribution in [2.45, 2.75) is 38.8 Å². The van der Waals surface area contributed by atoms with Crippen molar-refractivity contribution in [3.8, 4) is 0 Å². The summed E-state index contributed by atoms with van der Waals surface area (Å²) in [7, 11) is 1.42. The Morgan fingerprint density at radius 3 is 2.96 bits per heavy atom. The smallest absolute Gasteiger partial charge is 0.414 e. The molecule has 2 atom stereocenters. The normalized spacial score (nSPS) is 20.0. The molecule has 6 heteroatoms. The quantitative estimate of drug-likeness (QED) is 0.915. The zero-order valence-electron chi connectivity index (χ0n) is 13.6. The van der Waals surface area contributed by atoms with Crippen LogP contribution in [0.25, 0.3) is 0 Å². The van der Waals surface area contributed by atoms with Gasteiger partial charge in [-0.25, -0.2) is 9.78 Å². The summed E-state index contributed by atoms with van der Waals surface area (Å²) in [5, 5.41) is 6.54. The first-order chi connectivity index (χ1) is 11.1. The fourth-order valence-corrected chi connectivity index (χ4v) is 3.86. The molecule has 2 heterocycles. The first kappa shape index (κ1) is 15.8. The van der Waals surface area contributed by atoms with Gasteiger partial charge in [-0.3, -0.25) is 4.90 Å². The third kappa shape index (κ3) is 3.03. The SMILES string of the molecule is CCc1csc(NC2CC(C)N(C(=O)OC)c3ccccc32)n1. The van der Waals surface area contributed by atoms with Gasteiger partial charge in [-0.2, -0.15) is 0 Å². The molecule has 0 saturated carbocycles. The first-order valence-electron chi connectivity index (χ1n) is 7.81. The van der Waals surface area contributed by atoms with Crippen LogP contribution in [0.2, 0.25) is 0 Å². The van der Waals surface area contributed by atoms with Gasteiger partial charge in [-0.15, -0.1) is 11.3 Å². The Bertz CT molecular complexity index is 701. The van der Waals surface area contributed by atoms with E-state index < -0.39 is 0 Å². The number of thiazole rings is 1. The van der Waals surface area contributed by atoms with Crippen molar-refractivity contribution < 1.29 is 9.53 Å². The van der Waals surface area contributed by atoms with Gasteiger partial charge in [0.2, 0.25) is 0 Å². The molecule has 1 amide bonds. The van der Waals surface area contributed by atoms with E-state index in [9.17, 15) is 4.79 Å². The molecule has 3 rings (SSSR count). The van der Waals surface area contributed by atoms with Crippen LogP contribution in [0.5, 0.6) is 0 Å². The molecule has 0 aliphatic carbocycles. The van der Waals surface area contributed by atoms with Crippen molar-refractivity contribution in [2.75, 3.05) is 17.3 Å². The molecule has 1 aliphatic heterocycles. The van der Waals surface area contributed by atoms with Crippen molar-refractivity contribution in [2.24, 2.45) is 0 Å². The summed E-state index contributed by atoms with van der Waals surface area (Å²) in [6, 6.07) is 8.17. The highest BCUT2D eigenvalue weighted by atomic mass is 32.1. The van der Waals surface area contributed by atoms with E-state index in [2.05, 4.69) is 28.7 Å². The van der Waals surface area contributed by atoms with E-state index in [-0.39, 0.29) is 18.2 Å². The van der Waals surface area contributed by atoms with Crippen LogP contribution >= 0.6 is 11.3 Å². The number of fused-ring (bicyclic) bond motifs is 1. The van der Waals surface area contributed by atoms with E-state index in [1.807, 2.05) is 25.1 Å². The van der Waals surface area contributed by atoms with E-state index in [1.165, 1.54) is 7.11 Å². The van der Waals surface area contributed by atoms with E-state index in [0.717, 1.165) is 34.9 Å². The summed E-state index contributed by atoms with van der Waals surface area (Å²) in [6.07, 6.45) is 1.44. The number of rotatable bonds is 3. The third-order valence-electron chi connectivity index (χ3n) is 4.17. The molecule has 0 saturated heterocycles. The van der Waals surface area contributed by atoms with Crippen molar-refractivity contribution in [3.63, 3.8) is 0 Å². The molecule has 122 valence electrons. The van der Waals surface area contributed by atoms with Crippen LogP contribution in [0.3, 0.4) is 0 Å². The average molecular weight is 331 g/mol. The first-order valence-corrected chi connectivity index (χ1v) is 8.69. The predicted octanol–water partition coefficient (Wildman–Crippen LogP) is 4.22. The van der Waals surface area contributed by atoms with Crippen LogP contribution in [-0.2, 0) is 11.2 Å². The van der Waals surface area contributed by atoms with E-state index in [4.69, 9.17) is 4.74 Å². The molecule has 0 radical (unpaired) electrons. The fourth-order valence-electron chi connectivity index (χ4n) is 3.01. The van der Waals surface area contributed by atoms with Crippen molar-refractivity contribution in [1.29, 1.82) is 0 Å². The standard InChI is InChI=1S/C17H21N3O2S/c1-4-12-10-23-16(18-12)19-14-9-11(2)20(17(21)22-3)15-8-6-5-7-13(14)15/h5-8,10-11,14H,4,9H2,1-3H3,(H,18,19). The maximum atomic E-state index is 12.1. The minimum atomic E-state index is -0.314. The molecule has 1 N–H and O–H groups in total. The lowest BCUT2D eigenvalue weighted by molar-refractivity contribution is 0.175. The van der Waals surface area contributed by atoms with Gasteiger partial charge in [-0.05, 0) is 31.4 Å². The second-order valence-corrected chi connectivity index (χ2v) is 6.54. The lowest BCUT2D eigenvalue weighted by Gasteiger charge is -2.38. The van der Waals surface area contributed by atoms with Gasteiger partial charge in [0.05, 0.1) is 24.5 Å². The van der Waals surface area contributed by atoms with Crippen molar-refractivity contribution >= 4 is 28.2 Å². The molecule has 5 nitrogen and oxygen atoms in total. The van der Waals surface area contributed by atoms with Crippen LogP contribution in [0.1, 0.15) is 37.6 Å².